The minimum absolute atomic E-state index is 0.0482. The maximum absolute atomic E-state index is 13.8. The van der Waals surface area contributed by atoms with Gasteiger partial charge in [-0.1, -0.05) is 18.2 Å². The fraction of sp³-hybridized carbons (Fsp3) is 0.118. The molecule has 0 saturated carbocycles. The molecule has 0 aliphatic heterocycles. The number of amides is 1. The van der Waals surface area contributed by atoms with Gasteiger partial charge in [-0.3, -0.25) is 4.79 Å². The van der Waals surface area contributed by atoms with Crippen molar-refractivity contribution in [3.63, 3.8) is 0 Å². The van der Waals surface area contributed by atoms with Gasteiger partial charge in [0, 0.05) is 23.4 Å². The van der Waals surface area contributed by atoms with Crippen LogP contribution in [-0.2, 0) is 21.1 Å². The first-order valence-electron chi connectivity index (χ1n) is 7.19. The van der Waals surface area contributed by atoms with Crippen molar-refractivity contribution in [1.29, 1.82) is 0 Å². The van der Waals surface area contributed by atoms with Crippen LogP contribution in [-0.4, -0.2) is 25.6 Å². The van der Waals surface area contributed by atoms with Gasteiger partial charge < -0.3 is 10.3 Å². The maximum atomic E-state index is 13.8. The van der Waals surface area contributed by atoms with Gasteiger partial charge in [-0.05, 0) is 29.8 Å². The van der Waals surface area contributed by atoms with Crippen LogP contribution in [0, 0.1) is 5.82 Å². The number of rotatable bonds is 4. The Kier molecular flexibility index (Phi) is 4.11. The van der Waals surface area contributed by atoms with E-state index in [9.17, 15) is 17.6 Å². The molecule has 3 aromatic rings. The van der Waals surface area contributed by atoms with Crippen molar-refractivity contribution >= 4 is 32.3 Å². The van der Waals surface area contributed by atoms with Crippen molar-refractivity contribution in [1.82, 2.24) is 4.98 Å². The average molecular weight is 346 g/mol. The number of aromatic nitrogens is 1. The van der Waals surface area contributed by atoms with E-state index in [4.69, 9.17) is 0 Å². The van der Waals surface area contributed by atoms with E-state index >= 15 is 0 Å². The molecule has 0 spiro atoms. The largest absolute Gasteiger partial charge is 0.361 e. The first-order chi connectivity index (χ1) is 11.3. The first-order valence-corrected chi connectivity index (χ1v) is 9.08. The third-order valence-electron chi connectivity index (χ3n) is 3.67. The summed E-state index contributed by atoms with van der Waals surface area (Å²) in [5.74, 6) is -1.11. The van der Waals surface area contributed by atoms with Crippen molar-refractivity contribution in [3.8, 4) is 0 Å². The zero-order valence-electron chi connectivity index (χ0n) is 12.8. The number of anilines is 1. The van der Waals surface area contributed by atoms with Gasteiger partial charge in [0.05, 0.1) is 17.0 Å². The lowest BCUT2D eigenvalue weighted by molar-refractivity contribution is -0.115. The van der Waals surface area contributed by atoms with Crippen LogP contribution < -0.4 is 5.32 Å². The smallest absolute Gasteiger partial charge is 0.228 e. The van der Waals surface area contributed by atoms with Gasteiger partial charge >= 0.3 is 0 Å². The molecule has 7 heteroatoms. The van der Waals surface area contributed by atoms with Crippen LogP contribution in [0.2, 0.25) is 0 Å². The molecule has 0 bridgehead atoms. The number of aromatic amines is 1. The molecule has 1 amide bonds. The Balaban J connectivity index is 1.82. The lowest BCUT2D eigenvalue weighted by Crippen LogP contribution is -2.15. The van der Waals surface area contributed by atoms with Crippen molar-refractivity contribution in [2.24, 2.45) is 0 Å². The fourth-order valence-corrected chi connectivity index (χ4v) is 3.12. The Hall–Kier alpha value is -2.67. The number of sulfone groups is 1. The van der Waals surface area contributed by atoms with E-state index in [2.05, 4.69) is 10.3 Å². The van der Waals surface area contributed by atoms with Crippen molar-refractivity contribution < 1.29 is 17.6 Å². The second-order valence-corrected chi connectivity index (χ2v) is 7.51. The van der Waals surface area contributed by atoms with E-state index in [0.29, 0.717) is 0 Å². The number of para-hydroxylation sites is 1. The number of hydrogen-bond acceptors (Lipinski definition) is 3. The molecule has 0 aliphatic rings. The lowest BCUT2D eigenvalue weighted by Gasteiger charge is -2.08. The molecule has 124 valence electrons. The third kappa shape index (κ3) is 3.30. The minimum Gasteiger partial charge on any atom is -0.361 e. The Morgan fingerprint density at radius 2 is 1.96 bits per heavy atom. The molecular formula is C17H15FN2O3S. The topological polar surface area (TPSA) is 79.0 Å². The molecule has 1 heterocycles. The van der Waals surface area contributed by atoms with Crippen LogP contribution in [0.1, 0.15) is 5.56 Å². The summed E-state index contributed by atoms with van der Waals surface area (Å²) in [5.41, 5.74) is 1.54. The van der Waals surface area contributed by atoms with Gasteiger partial charge in [0.15, 0.2) is 9.84 Å². The van der Waals surface area contributed by atoms with Gasteiger partial charge in [0.25, 0.3) is 0 Å². The molecule has 0 aliphatic carbocycles. The highest BCUT2D eigenvalue weighted by molar-refractivity contribution is 7.90. The monoisotopic (exact) mass is 346 g/mol. The van der Waals surface area contributed by atoms with Crippen molar-refractivity contribution in [3.05, 3.63) is 60.0 Å². The number of benzene rings is 2. The van der Waals surface area contributed by atoms with Crippen LogP contribution in [0.15, 0.2) is 53.6 Å². The quantitative estimate of drug-likeness (QED) is 0.713. The van der Waals surface area contributed by atoms with Crippen LogP contribution in [0.25, 0.3) is 10.9 Å². The third-order valence-corrected chi connectivity index (χ3v) is 4.78. The Morgan fingerprint density at radius 3 is 2.71 bits per heavy atom. The zero-order valence-corrected chi connectivity index (χ0v) is 13.7. The normalized spacial score (nSPS) is 11.6. The van der Waals surface area contributed by atoms with Gasteiger partial charge in [-0.25, -0.2) is 12.8 Å². The van der Waals surface area contributed by atoms with Gasteiger partial charge in [0.2, 0.25) is 5.91 Å². The van der Waals surface area contributed by atoms with Crippen molar-refractivity contribution in [2.45, 2.75) is 11.3 Å². The SMILES string of the molecule is CS(=O)(=O)c1ccc(F)c(NC(=O)Cc2c[nH]c3ccccc23)c1. The highest BCUT2D eigenvalue weighted by Gasteiger charge is 2.14. The number of carbonyl (C=O) groups excluding carboxylic acids is 1. The molecule has 3 rings (SSSR count). The number of fused-ring (bicyclic) bond motifs is 1. The van der Waals surface area contributed by atoms with Crippen LogP contribution >= 0.6 is 0 Å². The predicted octanol–water partition coefficient (Wildman–Crippen LogP) is 2.89. The number of carbonyl (C=O) groups is 1. The van der Waals surface area contributed by atoms with Gasteiger partial charge in [-0.2, -0.15) is 0 Å². The summed E-state index contributed by atoms with van der Waals surface area (Å²) in [6, 6.07) is 10.8. The number of H-pyrrole nitrogens is 1. The molecule has 2 aromatic carbocycles. The van der Waals surface area contributed by atoms with E-state index in [0.717, 1.165) is 34.9 Å². The molecule has 24 heavy (non-hydrogen) atoms. The Bertz CT molecular complexity index is 1030. The van der Waals surface area contributed by atoms with Crippen LogP contribution in [0.4, 0.5) is 10.1 Å². The number of halogens is 1. The van der Waals surface area contributed by atoms with Crippen molar-refractivity contribution in [2.75, 3.05) is 11.6 Å². The molecule has 0 saturated heterocycles. The van der Waals surface area contributed by atoms with E-state index < -0.39 is 21.6 Å². The van der Waals surface area contributed by atoms with Crippen LogP contribution in [0.5, 0.6) is 0 Å². The fourth-order valence-electron chi connectivity index (χ4n) is 2.48. The van der Waals surface area contributed by atoms with Gasteiger partial charge in [-0.15, -0.1) is 0 Å². The highest BCUT2D eigenvalue weighted by Crippen LogP contribution is 2.21. The molecule has 5 nitrogen and oxygen atoms in total. The zero-order chi connectivity index (χ0) is 17.3. The van der Waals surface area contributed by atoms with E-state index in [1.807, 2.05) is 24.3 Å². The summed E-state index contributed by atoms with van der Waals surface area (Å²) in [6.07, 6.45) is 2.80. The van der Waals surface area contributed by atoms with Gasteiger partial charge in [0.1, 0.15) is 5.82 Å². The lowest BCUT2D eigenvalue weighted by atomic mass is 10.1. The molecule has 0 atom stereocenters. The highest BCUT2D eigenvalue weighted by atomic mass is 32.2. The second-order valence-electron chi connectivity index (χ2n) is 5.50. The summed E-state index contributed by atoms with van der Waals surface area (Å²) < 4.78 is 36.9. The standard InChI is InChI=1S/C17H15FN2O3S/c1-24(22,23)12-6-7-14(18)16(9-12)20-17(21)8-11-10-19-15-5-3-2-4-13(11)15/h2-7,9-10,19H,8H2,1H3,(H,20,21). The minimum atomic E-state index is -3.48. The maximum Gasteiger partial charge on any atom is 0.228 e. The van der Waals surface area contributed by atoms with E-state index in [1.165, 1.54) is 6.07 Å². The number of nitrogens with one attached hydrogen (secondary N) is 2. The Morgan fingerprint density at radius 1 is 1.21 bits per heavy atom. The predicted molar refractivity (Wildman–Crippen MR) is 90.1 cm³/mol. The second kappa shape index (κ2) is 6.09. The molecule has 0 fully saturated rings. The summed E-state index contributed by atoms with van der Waals surface area (Å²) >= 11 is 0. The molecule has 1 aromatic heterocycles. The summed E-state index contributed by atoms with van der Waals surface area (Å²) in [5, 5.41) is 3.35. The average Bonchev–Trinajstić information content (AvgIpc) is 2.91. The first kappa shape index (κ1) is 16.2. The van der Waals surface area contributed by atoms with E-state index in [1.54, 1.807) is 6.20 Å². The molecule has 0 unspecified atom stereocenters. The van der Waals surface area contributed by atoms with Crippen LogP contribution in [0.3, 0.4) is 0 Å². The van der Waals surface area contributed by atoms with E-state index in [-0.39, 0.29) is 17.0 Å². The summed E-state index contributed by atoms with van der Waals surface area (Å²) in [4.78, 5) is 15.2. The summed E-state index contributed by atoms with van der Waals surface area (Å²) in [7, 11) is -3.48. The molecular weight excluding hydrogens is 331 g/mol. The molecule has 0 radical (unpaired) electrons. The summed E-state index contributed by atoms with van der Waals surface area (Å²) in [6.45, 7) is 0. The molecule has 2 N–H and O–H groups in total. The Labute approximate surface area is 138 Å². The number of hydrogen-bond donors (Lipinski definition) is 2.